The fourth-order valence-corrected chi connectivity index (χ4v) is 4.52. The van der Waals surface area contributed by atoms with Crippen LogP contribution in [-0.2, 0) is 11.3 Å². The van der Waals surface area contributed by atoms with E-state index in [9.17, 15) is 14.4 Å². The number of allylic oxidation sites excluding steroid dienone is 1. The number of carbonyl (C=O) groups is 1. The maximum Gasteiger partial charge on any atom is 0.330 e. The molecule has 2 aliphatic rings. The highest BCUT2D eigenvalue weighted by Gasteiger charge is 2.42. The summed E-state index contributed by atoms with van der Waals surface area (Å²) in [4.78, 5) is 41.7. The minimum Gasteiger partial charge on any atom is -0.497 e. The van der Waals surface area contributed by atoms with Gasteiger partial charge >= 0.3 is 5.69 Å². The van der Waals surface area contributed by atoms with Crippen molar-refractivity contribution in [3.8, 4) is 5.75 Å². The lowest BCUT2D eigenvalue weighted by Crippen LogP contribution is -2.38. The van der Waals surface area contributed by atoms with Gasteiger partial charge in [0.05, 0.1) is 31.5 Å². The zero-order chi connectivity index (χ0) is 22.4. The number of ketones is 1. The van der Waals surface area contributed by atoms with E-state index in [4.69, 9.17) is 9.47 Å². The lowest BCUT2D eigenvalue weighted by atomic mass is 9.81. The van der Waals surface area contributed by atoms with Crippen LogP contribution in [0.1, 0.15) is 33.0 Å². The Labute approximate surface area is 183 Å². The molecule has 8 nitrogen and oxygen atoms in total. The molecule has 8 heteroatoms. The average molecular weight is 431 g/mol. The predicted molar refractivity (Wildman–Crippen MR) is 119 cm³/mol. The van der Waals surface area contributed by atoms with Crippen molar-refractivity contribution in [3.63, 3.8) is 0 Å². The van der Waals surface area contributed by atoms with Crippen molar-refractivity contribution in [2.24, 2.45) is 0 Å². The fourth-order valence-electron chi connectivity index (χ4n) is 4.52. The molecule has 3 aromatic rings. The van der Waals surface area contributed by atoms with Gasteiger partial charge in [0.1, 0.15) is 11.6 Å². The summed E-state index contributed by atoms with van der Waals surface area (Å²) in [5.74, 6) is 0.161. The van der Waals surface area contributed by atoms with Crippen LogP contribution < -0.4 is 21.3 Å². The Kier molecular flexibility index (Phi) is 4.79. The number of anilines is 1. The first-order valence-electron chi connectivity index (χ1n) is 10.2. The molecule has 0 saturated carbocycles. The number of hydrogen-bond donors (Lipinski definition) is 2. The first-order chi connectivity index (χ1) is 15.5. The monoisotopic (exact) mass is 431 g/mol. The van der Waals surface area contributed by atoms with E-state index in [0.29, 0.717) is 34.0 Å². The molecule has 2 aromatic carbocycles. The van der Waals surface area contributed by atoms with Crippen molar-refractivity contribution in [1.29, 1.82) is 0 Å². The quantitative estimate of drug-likeness (QED) is 0.643. The Bertz CT molecular complexity index is 1400. The lowest BCUT2D eigenvalue weighted by molar-refractivity contribution is 0.103. The third-order valence-corrected chi connectivity index (χ3v) is 5.96. The number of carbonyl (C=O) groups excluding carboxylic acids is 1. The van der Waals surface area contributed by atoms with Gasteiger partial charge in [-0.05, 0) is 17.7 Å². The van der Waals surface area contributed by atoms with E-state index >= 15 is 0 Å². The molecule has 1 aliphatic heterocycles. The van der Waals surface area contributed by atoms with Gasteiger partial charge in [0.2, 0.25) is 0 Å². The van der Waals surface area contributed by atoms with Crippen molar-refractivity contribution in [1.82, 2.24) is 9.55 Å². The van der Waals surface area contributed by atoms with Crippen LogP contribution in [0, 0.1) is 0 Å². The Hall–Kier alpha value is -3.91. The van der Waals surface area contributed by atoms with Crippen molar-refractivity contribution in [3.05, 3.63) is 97.2 Å². The number of ether oxygens (including phenoxy) is 2. The van der Waals surface area contributed by atoms with Crippen LogP contribution >= 0.6 is 0 Å². The van der Waals surface area contributed by atoms with E-state index in [1.807, 2.05) is 36.4 Å². The number of fused-ring (bicyclic) bond motifs is 3. The molecule has 0 spiro atoms. The Morgan fingerprint density at radius 2 is 1.78 bits per heavy atom. The molecule has 2 N–H and O–H groups in total. The summed E-state index contributed by atoms with van der Waals surface area (Å²) in [5, 5.41) is 3.25. The second-order valence-corrected chi connectivity index (χ2v) is 7.66. The topological polar surface area (TPSA) is 102 Å². The predicted octanol–water partition coefficient (Wildman–Crippen LogP) is 2.36. The van der Waals surface area contributed by atoms with Gasteiger partial charge in [-0.1, -0.05) is 36.4 Å². The van der Waals surface area contributed by atoms with E-state index in [-0.39, 0.29) is 18.9 Å². The second-order valence-electron chi connectivity index (χ2n) is 7.66. The van der Waals surface area contributed by atoms with Gasteiger partial charge in [0.25, 0.3) is 5.56 Å². The molecule has 0 fully saturated rings. The van der Waals surface area contributed by atoms with E-state index in [2.05, 4.69) is 10.3 Å². The first kappa shape index (κ1) is 20.0. The van der Waals surface area contributed by atoms with E-state index < -0.39 is 17.2 Å². The van der Waals surface area contributed by atoms with E-state index in [1.54, 1.807) is 26.4 Å². The van der Waals surface area contributed by atoms with Gasteiger partial charge in [-0.3, -0.25) is 19.1 Å². The summed E-state index contributed by atoms with van der Waals surface area (Å²) in [7, 11) is 3.11. The highest BCUT2D eigenvalue weighted by atomic mass is 16.5. The summed E-state index contributed by atoms with van der Waals surface area (Å²) in [6.07, 6.45) is 0. The summed E-state index contributed by atoms with van der Waals surface area (Å²) >= 11 is 0. The van der Waals surface area contributed by atoms with Crippen molar-refractivity contribution in [2.75, 3.05) is 26.1 Å². The third-order valence-electron chi connectivity index (χ3n) is 5.96. The minimum atomic E-state index is -0.672. The summed E-state index contributed by atoms with van der Waals surface area (Å²) < 4.78 is 12.0. The highest BCUT2D eigenvalue weighted by molar-refractivity contribution is 6.23. The van der Waals surface area contributed by atoms with Gasteiger partial charge < -0.3 is 14.8 Å². The molecule has 5 rings (SSSR count). The Balaban J connectivity index is 1.83. The Morgan fingerprint density at radius 3 is 2.53 bits per heavy atom. The van der Waals surface area contributed by atoms with Crippen LogP contribution in [0.2, 0.25) is 0 Å². The van der Waals surface area contributed by atoms with Crippen LogP contribution in [-0.4, -0.2) is 36.2 Å². The highest BCUT2D eigenvalue weighted by Crippen LogP contribution is 2.48. The number of nitrogens with zero attached hydrogens (tertiary/aromatic N) is 1. The number of nitrogens with one attached hydrogen (secondary N) is 2. The normalized spacial score (nSPS) is 16.3. The van der Waals surface area contributed by atoms with Gasteiger partial charge in [-0.2, -0.15) is 0 Å². The lowest BCUT2D eigenvalue weighted by Gasteiger charge is -2.29. The summed E-state index contributed by atoms with van der Waals surface area (Å²) in [6.45, 7) is 0.524. The van der Waals surface area contributed by atoms with Gasteiger partial charge in [0.15, 0.2) is 5.78 Å². The molecule has 0 radical (unpaired) electrons. The molecule has 32 heavy (non-hydrogen) atoms. The number of methoxy groups -OCH3 is 2. The molecule has 162 valence electrons. The maximum absolute atomic E-state index is 13.5. The molecule has 0 unspecified atom stereocenters. The first-order valence-corrected chi connectivity index (χ1v) is 10.2. The van der Waals surface area contributed by atoms with Crippen LogP contribution in [0.15, 0.2) is 63.7 Å². The summed E-state index contributed by atoms with van der Waals surface area (Å²) in [5.41, 5.74) is 2.37. The molecular weight excluding hydrogens is 410 g/mol. The molecule has 1 aliphatic carbocycles. The van der Waals surface area contributed by atoms with Crippen LogP contribution in [0.25, 0.3) is 5.70 Å². The third kappa shape index (κ3) is 2.91. The van der Waals surface area contributed by atoms with Gasteiger partial charge in [-0.15, -0.1) is 0 Å². The fraction of sp³-hybridized carbons (Fsp3) is 0.208. The van der Waals surface area contributed by atoms with Crippen molar-refractivity contribution >= 4 is 17.3 Å². The minimum absolute atomic E-state index is 0.143. The zero-order valence-corrected chi connectivity index (χ0v) is 17.6. The largest absolute Gasteiger partial charge is 0.497 e. The molecule has 1 aromatic heterocycles. The summed E-state index contributed by atoms with van der Waals surface area (Å²) in [6, 6.07) is 14.6. The number of aromatic amines is 1. The number of benzene rings is 2. The smallest absolute Gasteiger partial charge is 0.330 e. The molecule has 2 heterocycles. The SMILES string of the molecule is COCCn1c2c(c(=O)[nH]c1=O)[C@@H](c1cccc(OC)c1)C1=C(N2)c2ccccc2C1=O. The van der Waals surface area contributed by atoms with E-state index in [1.165, 1.54) is 4.57 Å². The number of H-pyrrole nitrogens is 1. The van der Waals surface area contributed by atoms with Crippen molar-refractivity contribution in [2.45, 2.75) is 12.5 Å². The average Bonchev–Trinajstić information content (AvgIpc) is 3.09. The number of aromatic nitrogens is 2. The standard InChI is InChI=1S/C24H21N3O5/c1-31-11-10-27-22-19(23(29)26-24(27)30)17(13-6-5-7-14(12-13)32-2)18-20(25-22)15-8-3-4-9-16(15)21(18)28/h3-9,12,17,25H,10-11H2,1-2H3,(H,26,29,30)/t17-/m0/s1. The second kappa shape index (κ2) is 7.65. The molecule has 0 saturated heterocycles. The van der Waals surface area contributed by atoms with Gasteiger partial charge in [0, 0.05) is 29.7 Å². The molecule has 0 bridgehead atoms. The van der Waals surface area contributed by atoms with Crippen LogP contribution in [0.4, 0.5) is 5.82 Å². The maximum atomic E-state index is 13.5. The van der Waals surface area contributed by atoms with E-state index in [0.717, 1.165) is 11.1 Å². The van der Waals surface area contributed by atoms with Crippen LogP contribution in [0.5, 0.6) is 5.75 Å². The van der Waals surface area contributed by atoms with Crippen LogP contribution in [0.3, 0.4) is 0 Å². The zero-order valence-electron chi connectivity index (χ0n) is 17.6. The van der Waals surface area contributed by atoms with Crippen molar-refractivity contribution < 1.29 is 14.3 Å². The number of hydrogen-bond acceptors (Lipinski definition) is 6. The number of Topliss-reactive ketones (excluding diaryl/α,β-unsaturated/α-hetero) is 1. The van der Waals surface area contributed by atoms with Gasteiger partial charge in [-0.25, -0.2) is 4.79 Å². The Morgan fingerprint density at radius 1 is 1.00 bits per heavy atom. The molecule has 1 atom stereocenters. The molecule has 0 amide bonds. The molecular formula is C24H21N3O5. The number of rotatable bonds is 5.